The van der Waals surface area contributed by atoms with Gasteiger partial charge in [-0.25, -0.2) is 9.37 Å². The van der Waals surface area contributed by atoms with Gasteiger partial charge in [0.1, 0.15) is 5.82 Å². The highest BCUT2D eigenvalue weighted by Crippen LogP contribution is 2.26. The van der Waals surface area contributed by atoms with E-state index in [1.54, 1.807) is 25.3 Å². The molecule has 1 heterocycles. The molecule has 0 aliphatic heterocycles. The number of hydrogen-bond donors (Lipinski definition) is 1. The molecule has 1 atom stereocenters. The van der Waals surface area contributed by atoms with Gasteiger partial charge in [-0.2, -0.15) is 0 Å². The SMILES string of the molecule is CCOc1cccnc1NC(C)c1ccc(C)c(F)c1. The Balaban J connectivity index is 2.18. The summed E-state index contributed by atoms with van der Waals surface area (Å²) < 4.78 is 19.1. The van der Waals surface area contributed by atoms with Crippen LogP contribution in [0.2, 0.25) is 0 Å². The molecule has 106 valence electrons. The number of anilines is 1. The fourth-order valence-corrected chi connectivity index (χ4v) is 1.94. The molecule has 3 nitrogen and oxygen atoms in total. The Labute approximate surface area is 118 Å². The van der Waals surface area contributed by atoms with Gasteiger partial charge in [0.05, 0.1) is 12.6 Å². The van der Waals surface area contributed by atoms with E-state index < -0.39 is 0 Å². The Morgan fingerprint density at radius 3 is 2.85 bits per heavy atom. The van der Waals surface area contributed by atoms with Crippen LogP contribution in [-0.4, -0.2) is 11.6 Å². The van der Waals surface area contributed by atoms with Gasteiger partial charge in [-0.05, 0) is 50.1 Å². The number of benzene rings is 1. The molecule has 1 aromatic heterocycles. The van der Waals surface area contributed by atoms with E-state index in [-0.39, 0.29) is 11.9 Å². The van der Waals surface area contributed by atoms with Crippen molar-refractivity contribution >= 4 is 5.82 Å². The van der Waals surface area contributed by atoms with Crippen LogP contribution in [0.5, 0.6) is 5.75 Å². The molecular formula is C16H19FN2O. The Hall–Kier alpha value is -2.10. The summed E-state index contributed by atoms with van der Waals surface area (Å²) in [4.78, 5) is 4.27. The smallest absolute Gasteiger partial charge is 0.169 e. The topological polar surface area (TPSA) is 34.1 Å². The molecule has 0 saturated heterocycles. The zero-order valence-electron chi connectivity index (χ0n) is 12.0. The van der Waals surface area contributed by atoms with E-state index in [0.29, 0.717) is 23.7 Å². The highest BCUT2D eigenvalue weighted by Gasteiger charge is 2.11. The molecular weight excluding hydrogens is 255 g/mol. The van der Waals surface area contributed by atoms with Crippen LogP contribution in [0, 0.1) is 12.7 Å². The summed E-state index contributed by atoms with van der Waals surface area (Å²) in [6.45, 7) is 6.22. The predicted octanol–water partition coefficient (Wildman–Crippen LogP) is 4.10. The van der Waals surface area contributed by atoms with E-state index in [2.05, 4.69) is 10.3 Å². The first kappa shape index (κ1) is 14.3. The van der Waals surface area contributed by atoms with Crippen LogP contribution in [0.15, 0.2) is 36.5 Å². The lowest BCUT2D eigenvalue weighted by Crippen LogP contribution is -2.10. The van der Waals surface area contributed by atoms with Crippen LogP contribution >= 0.6 is 0 Å². The highest BCUT2D eigenvalue weighted by atomic mass is 19.1. The van der Waals surface area contributed by atoms with Gasteiger partial charge in [-0.3, -0.25) is 0 Å². The molecule has 2 aromatic rings. The maximum atomic E-state index is 13.6. The maximum absolute atomic E-state index is 13.6. The lowest BCUT2D eigenvalue weighted by Gasteiger charge is -2.17. The van der Waals surface area contributed by atoms with Gasteiger partial charge in [-0.1, -0.05) is 12.1 Å². The summed E-state index contributed by atoms with van der Waals surface area (Å²) in [5.74, 6) is 1.18. The van der Waals surface area contributed by atoms with E-state index >= 15 is 0 Å². The Morgan fingerprint density at radius 1 is 1.35 bits per heavy atom. The monoisotopic (exact) mass is 274 g/mol. The second-order valence-corrected chi connectivity index (χ2v) is 4.66. The quantitative estimate of drug-likeness (QED) is 0.891. The average Bonchev–Trinajstić information content (AvgIpc) is 2.44. The van der Waals surface area contributed by atoms with E-state index in [1.807, 2.05) is 32.0 Å². The van der Waals surface area contributed by atoms with E-state index in [1.165, 1.54) is 0 Å². The van der Waals surface area contributed by atoms with Crippen molar-refractivity contribution in [3.8, 4) is 5.75 Å². The number of aromatic nitrogens is 1. The molecule has 0 saturated carbocycles. The average molecular weight is 274 g/mol. The molecule has 0 aliphatic rings. The molecule has 20 heavy (non-hydrogen) atoms. The van der Waals surface area contributed by atoms with E-state index in [9.17, 15) is 4.39 Å². The third-order valence-electron chi connectivity index (χ3n) is 3.12. The minimum Gasteiger partial charge on any atom is -0.490 e. The van der Waals surface area contributed by atoms with Crippen molar-refractivity contribution in [1.82, 2.24) is 4.98 Å². The van der Waals surface area contributed by atoms with Gasteiger partial charge in [0.2, 0.25) is 0 Å². The number of ether oxygens (including phenoxy) is 1. The number of hydrogen-bond acceptors (Lipinski definition) is 3. The molecule has 1 aromatic carbocycles. The van der Waals surface area contributed by atoms with Crippen molar-refractivity contribution in [3.05, 3.63) is 53.5 Å². The third-order valence-corrected chi connectivity index (χ3v) is 3.12. The molecule has 1 unspecified atom stereocenters. The fourth-order valence-electron chi connectivity index (χ4n) is 1.94. The molecule has 0 aliphatic carbocycles. The lowest BCUT2D eigenvalue weighted by atomic mass is 10.1. The predicted molar refractivity (Wildman–Crippen MR) is 78.6 cm³/mol. The normalized spacial score (nSPS) is 12.0. The maximum Gasteiger partial charge on any atom is 0.169 e. The van der Waals surface area contributed by atoms with Gasteiger partial charge < -0.3 is 10.1 Å². The summed E-state index contributed by atoms with van der Waals surface area (Å²) in [7, 11) is 0. The number of pyridine rings is 1. The molecule has 0 bridgehead atoms. The van der Waals surface area contributed by atoms with Gasteiger partial charge in [0, 0.05) is 6.20 Å². The summed E-state index contributed by atoms with van der Waals surface area (Å²) in [6.07, 6.45) is 1.70. The van der Waals surface area contributed by atoms with Gasteiger partial charge in [-0.15, -0.1) is 0 Å². The van der Waals surface area contributed by atoms with Crippen molar-refractivity contribution in [3.63, 3.8) is 0 Å². The zero-order chi connectivity index (χ0) is 14.5. The minimum atomic E-state index is -0.192. The lowest BCUT2D eigenvalue weighted by molar-refractivity contribution is 0.340. The van der Waals surface area contributed by atoms with Crippen LogP contribution < -0.4 is 10.1 Å². The summed E-state index contributed by atoms with van der Waals surface area (Å²) >= 11 is 0. The Kier molecular flexibility index (Phi) is 4.56. The summed E-state index contributed by atoms with van der Waals surface area (Å²) in [6, 6.07) is 8.88. The molecule has 2 rings (SSSR count). The first-order chi connectivity index (χ1) is 9.61. The number of nitrogens with one attached hydrogen (secondary N) is 1. The van der Waals surface area contributed by atoms with E-state index in [4.69, 9.17) is 4.74 Å². The standard InChI is InChI=1S/C16H19FN2O/c1-4-20-15-6-5-9-18-16(15)19-12(3)13-8-7-11(2)14(17)10-13/h5-10,12H,4H2,1-3H3,(H,18,19). The molecule has 0 fully saturated rings. The summed E-state index contributed by atoms with van der Waals surface area (Å²) in [5, 5.41) is 3.26. The van der Waals surface area contributed by atoms with Gasteiger partial charge in [0.15, 0.2) is 11.6 Å². The number of nitrogens with zero attached hydrogens (tertiary/aromatic N) is 1. The Morgan fingerprint density at radius 2 is 2.15 bits per heavy atom. The van der Waals surface area contributed by atoms with Crippen molar-refractivity contribution in [2.75, 3.05) is 11.9 Å². The fraction of sp³-hybridized carbons (Fsp3) is 0.312. The minimum absolute atomic E-state index is 0.0563. The Bertz CT molecular complexity index is 586. The molecule has 1 N–H and O–H groups in total. The number of rotatable bonds is 5. The van der Waals surface area contributed by atoms with E-state index in [0.717, 1.165) is 5.56 Å². The van der Waals surface area contributed by atoms with Crippen LogP contribution in [0.25, 0.3) is 0 Å². The second-order valence-electron chi connectivity index (χ2n) is 4.66. The van der Waals surface area contributed by atoms with Crippen molar-refractivity contribution < 1.29 is 9.13 Å². The van der Waals surface area contributed by atoms with Crippen molar-refractivity contribution in [1.29, 1.82) is 0 Å². The number of aryl methyl sites for hydroxylation is 1. The highest BCUT2D eigenvalue weighted by molar-refractivity contribution is 5.51. The molecule has 0 spiro atoms. The van der Waals surface area contributed by atoms with Crippen LogP contribution in [0.4, 0.5) is 10.2 Å². The molecule has 0 amide bonds. The van der Waals surface area contributed by atoms with Crippen LogP contribution in [0.1, 0.15) is 31.0 Å². The van der Waals surface area contributed by atoms with Crippen LogP contribution in [0.3, 0.4) is 0 Å². The van der Waals surface area contributed by atoms with Crippen LogP contribution in [-0.2, 0) is 0 Å². The molecule has 0 radical (unpaired) electrons. The second kappa shape index (κ2) is 6.37. The van der Waals surface area contributed by atoms with Gasteiger partial charge >= 0.3 is 0 Å². The summed E-state index contributed by atoms with van der Waals surface area (Å²) in [5.41, 5.74) is 1.52. The largest absolute Gasteiger partial charge is 0.490 e. The zero-order valence-corrected chi connectivity index (χ0v) is 12.0. The van der Waals surface area contributed by atoms with Gasteiger partial charge in [0.25, 0.3) is 0 Å². The molecule has 4 heteroatoms. The number of halogens is 1. The first-order valence-corrected chi connectivity index (χ1v) is 6.72. The first-order valence-electron chi connectivity index (χ1n) is 6.72. The van der Waals surface area contributed by atoms with Crippen molar-refractivity contribution in [2.24, 2.45) is 0 Å². The third kappa shape index (κ3) is 3.26. The van der Waals surface area contributed by atoms with Crippen molar-refractivity contribution in [2.45, 2.75) is 26.8 Å².